The van der Waals surface area contributed by atoms with E-state index < -0.39 is 23.5 Å². The van der Waals surface area contributed by atoms with Gasteiger partial charge in [-0.3, -0.25) is 4.90 Å². The molecule has 1 aromatic rings. The van der Waals surface area contributed by atoms with E-state index in [0.29, 0.717) is 12.6 Å². The molecule has 0 heterocycles. The fraction of sp³-hybridized carbons (Fsp3) is 0.500. The normalized spacial score (nSPS) is 13.1. The molecule has 0 radical (unpaired) electrons. The molecule has 0 aromatic heterocycles. The minimum absolute atomic E-state index is 0.0994. The van der Waals surface area contributed by atoms with Crippen LogP contribution in [0.25, 0.3) is 0 Å². The molecule has 0 amide bonds. The summed E-state index contributed by atoms with van der Waals surface area (Å²) in [6.45, 7) is 2.84. The molecule has 1 rings (SSSR count). The van der Waals surface area contributed by atoms with Gasteiger partial charge in [-0.1, -0.05) is 6.92 Å². The molecule has 2 nitrogen and oxygen atoms in total. The van der Waals surface area contributed by atoms with Gasteiger partial charge in [0.1, 0.15) is 5.82 Å². The smallest absolute Gasteiger partial charge is 0.161 e. The van der Waals surface area contributed by atoms with Gasteiger partial charge in [0.2, 0.25) is 0 Å². The van der Waals surface area contributed by atoms with Gasteiger partial charge in [-0.25, -0.2) is 13.2 Å². The van der Waals surface area contributed by atoms with Crippen LogP contribution < -0.4 is 5.73 Å². The third-order valence-electron chi connectivity index (χ3n) is 2.73. The molecule has 17 heavy (non-hydrogen) atoms. The molecule has 0 aliphatic carbocycles. The maximum Gasteiger partial charge on any atom is 0.161 e. The quantitative estimate of drug-likeness (QED) is 0.809. The lowest BCUT2D eigenvalue weighted by Crippen LogP contribution is -2.32. The molecule has 5 heteroatoms. The number of hydrogen-bond acceptors (Lipinski definition) is 2. The number of benzene rings is 1. The lowest BCUT2D eigenvalue weighted by atomic mass is 10.0. The van der Waals surface area contributed by atoms with Crippen molar-refractivity contribution in [3.05, 3.63) is 35.1 Å². The van der Waals surface area contributed by atoms with E-state index in [2.05, 4.69) is 0 Å². The highest BCUT2D eigenvalue weighted by Crippen LogP contribution is 2.24. The Morgan fingerprint density at radius 1 is 1.18 bits per heavy atom. The minimum Gasteiger partial charge on any atom is -0.329 e. The first-order valence-corrected chi connectivity index (χ1v) is 5.56. The number of nitrogens with two attached hydrogens (primary N) is 1. The molecule has 96 valence electrons. The molecule has 1 unspecified atom stereocenters. The number of rotatable bonds is 5. The zero-order valence-corrected chi connectivity index (χ0v) is 10.0. The summed E-state index contributed by atoms with van der Waals surface area (Å²) in [5, 5.41) is 0. The predicted octanol–water partition coefficient (Wildman–Crippen LogP) is 2.45. The molecule has 1 atom stereocenters. The summed E-state index contributed by atoms with van der Waals surface area (Å²) >= 11 is 0. The van der Waals surface area contributed by atoms with Gasteiger partial charge in [0.25, 0.3) is 0 Å². The molecule has 0 saturated carbocycles. The minimum atomic E-state index is -1.18. The van der Waals surface area contributed by atoms with Crippen molar-refractivity contribution in [2.24, 2.45) is 5.73 Å². The Morgan fingerprint density at radius 2 is 1.76 bits per heavy atom. The van der Waals surface area contributed by atoms with E-state index in [1.54, 1.807) is 7.05 Å². The Bertz CT molecular complexity index is 382. The standard InChI is InChI=1S/C12H17F3N2/c1-3-4-17(2)12(7-16)8-5-10(14)11(15)6-9(8)13/h5-6,12H,3-4,7,16H2,1-2H3. The molecule has 0 bridgehead atoms. The maximum absolute atomic E-state index is 13.6. The van der Waals surface area contributed by atoms with Crippen molar-refractivity contribution in [1.29, 1.82) is 0 Å². The van der Waals surface area contributed by atoms with Crippen LogP contribution in [0.3, 0.4) is 0 Å². The summed E-state index contributed by atoms with van der Waals surface area (Å²) in [5.74, 6) is -2.99. The summed E-state index contributed by atoms with van der Waals surface area (Å²) in [6, 6.07) is 1.01. The molecule has 1 aromatic carbocycles. The topological polar surface area (TPSA) is 29.3 Å². The molecule has 0 fully saturated rings. The molecular formula is C12H17F3N2. The van der Waals surface area contributed by atoms with Gasteiger partial charge >= 0.3 is 0 Å². The largest absolute Gasteiger partial charge is 0.329 e. The van der Waals surface area contributed by atoms with Crippen LogP contribution >= 0.6 is 0 Å². The molecule has 0 aliphatic rings. The first-order chi connectivity index (χ1) is 8.01. The third kappa shape index (κ3) is 3.20. The summed E-state index contributed by atoms with van der Waals surface area (Å²) in [6.07, 6.45) is 0.873. The van der Waals surface area contributed by atoms with Gasteiger partial charge in [0.05, 0.1) is 0 Å². The fourth-order valence-electron chi connectivity index (χ4n) is 1.85. The Balaban J connectivity index is 3.07. The Morgan fingerprint density at radius 3 is 2.29 bits per heavy atom. The van der Waals surface area contributed by atoms with E-state index in [1.807, 2.05) is 11.8 Å². The van der Waals surface area contributed by atoms with E-state index in [9.17, 15) is 13.2 Å². The van der Waals surface area contributed by atoms with Crippen molar-refractivity contribution in [1.82, 2.24) is 4.90 Å². The molecular weight excluding hydrogens is 229 g/mol. The van der Waals surface area contributed by atoms with Crippen LogP contribution in [0, 0.1) is 17.5 Å². The van der Waals surface area contributed by atoms with Gasteiger partial charge in [0, 0.05) is 24.2 Å². The summed E-state index contributed by atoms with van der Waals surface area (Å²) in [7, 11) is 1.78. The second-order valence-corrected chi connectivity index (χ2v) is 4.02. The van der Waals surface area contributed by atoms with Crippen LogP contribution in [-0.2, 0) is 0 Å². The SMILES string of the molecule is CCCN(C)C(CN)c1cc(F)c(F)cc1F. The zero-order chi connectivity index (χ0) is 13.0. The van der Waals surface area contributed by atoms with Gasteiger partial charge in [-0.05, 0) is 26.1 Å². The summed E-state index contributed by atoms with van der Waals surface area (Å²) in [4.78, 5) is 1.83. The second-order valence-electron chi connectivity index (χ2n) is 4.02. The second kappa shape index (κ2) is 6.02. The number of hydrogen-bond donors (Lipinski definition) is 1. The summed E-state index contributed by atoms with van der Waals surface area (Å²) in [5.41, 5.74) is 5.67. The van der Waals surface area contributed by atoms with Gasteiger partial charge < -0.3 is 5.73 Å². The first-order valence-electron chi connectivity index (χ1n) is 5.56. The van der Waals surface area contributed by atoms with Crippen LogP contribution in [0.4, 0.5) is 13.2 Å². The van der Waals surface area contributed by atoms with Crippen molar-refractivity contribution in [3.8, 4) is 0 Å². The average Bonchev–Trinajstić information content (AvgIpc) is 2.26. The van der Waals surface area contributed by atoms with E-state index in [4.69, 9.17) is 5.73 Å². The highest BCUT2D eigenvalue weighted by molar-refractivity contribution is 5.23. The van der Waals surface area contributed by atoms with E-state index in [-0.39, 0.29) is 12.1 Å². The van der Waals surface area contributed by atoms with Crippen LogP contribution in [0.5, 0.6) is 0 Å². The Kier molecular flexibility index (Phi) is 4.96. The molecule has 0 saturated heterocycles. The van der Waals surface area contributed by atoms with E-state index in [0.717, 1.165) is 12.5 Å². The third-order valence-corrected chi connectivity index (χ3v) is 2.73. The Hall–Kier alpha value is -1.07. The van der Waals surface area contributed by atoms with Crippen molar-refractivity contribution < 1.29 is 13.2 Å². The van der Waals surface area contributed by atoms with Crippen LogP contribution in [-0.4, -0.2) is 25.0 Å². The van der Waals surface area contributed by atoms with E-state index in [1.165, 1.54) is 0 Å². The van der Waals surface area contributed by atoms with E-state index >= 15 is 0 Å². The van der Waals surface area contributed by atoms with Crippen molar-refractivity contribution in [2.75, 3.05) is 20.1 Å². The first kappa shape index (κ1) is 14.0. The van der Waals surface area contributed by atoms with Crippen LogP contribution in [0.15, 0.2) is 12.1 Å². The predicted molar refractivity (Wildman–Crippen MR) is 61.0 cm³/mol. The number of nitrogens with zero attached hydrogens (tertiary/aromatic N) is 1. The Labute approximate surface area is 99.2 Å². The molecule has 0 spiro atoms. The lowest BCUT2D eigenvalue weighted by Gasteiger charge is -2.27. The zero-order valence-electron chi connectivity index (χ0n) is 10.0. The number of halogens is 3. The molecule has 2 N–H and O–H groups in total. The van der Waals surface area contributed by atoms with Crippen molar-refractivity contribution in [3.63, 3.8) is 0 Å². The monoisotopic (exact) mass is 246 g/mol. The average molecular weight is 246 g/mol. The lowest BCUT2D eigenvalue weighted by molar-refractivity contribution is 0.244. The van der Waals surface area contributed by atoms with Crippen LogP contribution in [0.2, 0.25) is 0 Å². The highest BCUT2D eigenvalue weighted by atomic mass is 19.2. The van der Waals surface area contributed by atoms with Crippen molar-refractivity contribution >= 4 is 0 Å². The molecule has 0 aliphatic heterocycles. The van der Waals surface area contributed by atoms with Gasteiger partial charge in [0.15, 0.2) is 11.6 Å². The van der Waals surface area contributed by atoms with Crippen molar-refractivity contribution in [2.45, 2.75) is 19.4 Å². The highest BCUT2D eigenvalue weighted by Gasteiger charge is 2.20. The fourth-order valence-corrected chi connectivity index (χ4v) is 1.85. The summed E-state index contributed by atoms with van der Waals surface area (Å²) < 4.78 is 39.5. The maximum atomic E-state index is 13.6. The van der Waals surface area contributed by atoms with Gasteiger partial charge in [-0.2, -0.15) is 0 Å². The van der Waals surface area contributed by atoms with Crippen LogP contribution in [0.1, 0.15) is 24.9 Å². The number of likely N-dealkylation sites (N-methyl/N-ethyl adjacent to an activating group) is 1. The van der Waals surface area contributed by atoms with Gasteiger partial charge in [-0.15, -0.1) is 0 Å².